The van der Waals surface area contributed by atoms with E-state index in [0.717, 1.165) is 21.0 Å². The first-order chi connectivity index (χ1) is 12.2. The highest BCUT2D eigenvalue weighted by atomic mass is 32.0. The average molecular weight is 376 g/mol. The fourth-order valence-electron chi connectivity index (χ4n) is 3.64. The van der Waals surface area contributed by atoms with Crippen LogP contribution < -0.4 is 0 Å². The Bertz CT molecular complexity index is 637. The van der Waals surface area contributed by atoms with Crippen molar-refractivity contribution < 1.29 is 18.8 Å². The number of esters is 1. The van der Waals surface area contributed by atoms with Gasteiger partial charge in [-0.05, 0) is 18.1 Å². The van der Waals surface area contributed by atoms with Crippen LogP contribution in [0.4, 0.5) is 0 Å². The fourth-order valence-corrected chi connectivity index (χ4v) is 4.97. The second-order valence-corrected chi connectivity index (χ2v) is 9.58. The molecule has 0 N–H and O–H groups in total. The molecule has 1 aromatic rings. The average Bonchev–Trinajstić information content (AvgIpc) is 3.13. The highest BCUT2D eigenvalue weighted by Gasteiger charge is 2.49. The van der Waals surface area contributed by atoms with Gasteiger partial charge < -0.3 is 9.26 Å². The summed E-state index contributed by atoms with van der Waals surface area (Å²) in [7, 11) is 3.36. The molecule has 1 aromatic carbocycles. The van der Waals surface area contributed by atoms with Crippen molar-refractivity contribution in [2.45, 2.75) is 37.9 Å². The number of rotatable bonds is 8. The Kier molecular flexibility index (Phi) is 6.81. The number of aryl methyl sites for hydroxylation is 1. The van der Waals surface area contributed by atoms with Gasteiger partial charge in [-0.1, -0.05) is 36.4 Å². The smallest absolute Gasteiger partial charge is 0.306 e. The van der Waals surface area contributed by atoms with E-state index >= 15 is 0 Å². The summed E-state index contributed by atoms with van der Waals surface area (Å²) >= 11 is 0. The summed E-state index contributed by atoms with van der Waals surface area (Å²) in [5.74, 6) is 0.250. The number of ketones is 1. The van der Waals surface area contributed by atoms with E-state index in [9.17, 15) is 9.59 Å². The van der Waals surface area contributed by atoms with Gasteiger partial charge in [0.05, 0.1) is 12.5 Å². The quantitative estimate of drug-likeness (QED) is 0.303. The number of carbonyl (C=O) groups excluding carboxylic acids is 2. The summed E-state index contributed by atoms with van der Waals surface area (Å²) in [6.45, 7) is 0. The van der Waals surface area contributed by atoms with Crippen LogP contribution in [-0.2, 0) is 25.3 Å². The molecule has 6 atom stereocenters. The molecule has 2 unspecified atom stereocenters. The van der Waals surface area contributed by atoms with Crippen LogP contribution in [0.2, 0.25) is 0 Å². The minimum Gasteiger partial charge on any atom is -0.462 e. The van der Waals surface area contributed by atoms with Gasteiger partial charge in [0.1, 0.15) is 13.7 Å². The zero-order valence-corrected chi connectivity index (χ0v) is 16.3. The summed E-state index contributed by atoms with van der Waals surface area (Å²) in [6, 6.07) is 10.0. The largest absolute Gasteiger partial charge is 0.462 e. The van der Waals surface area contributed by atoms with Crippen LogP contribution in [0.1, 0.15) is 24.8 Å². The first-order valence-corrected chi connectivity index (χ1v) is 12.1. The number of hydrogen-bond donors (Lipinski definition) is 0. The van der Waals surface area contributed by atoms with Crippen molar-refractivity contribution in [3.63, 3.8) is 0 Å². The van der Waals surface area contributed by atoms with Gasteiger partial charge in [0, 0.05) is 33.2 Å². The third-order valence-electron chi connectivity index (χ3n) is 4.87. The van der Waals surface area contributed by atoms with E-state index in [1.807, 2.05) is 36.4 Å². The number of allylic oxidation sites excluding steroid dienone is 1. The molecule has 0 amide bonds. The van der Waals surface area contributed by atoms with Crippen LogP contribution in [0.25, 0.3) is 0 Å². The van der Waals surface area contributed by atoms with Crippen LogP contribution in [0.3, 0.4) is 0 Å². The van der Waals surface area contributed by atoms with Gasteiger partial charge >= 0.3 is 5.97 Å². The van der Waals surface area contributed by atoms with Gasteiger partial charge in [0.15, 0.2) is 5.78 Å². The Hall–Kier alpha value is -1.02. The van der Waals surface area contributed by atoms with E-state index in [2.05, 4.69) is 7.57 Å². The third kappa shape index (κ3) is 5.00. The van der Waals surface area contributed by atoms with Crippen LogP contribution >= 0.6 is 16.6 Å². The van der Waals surface area contributed by atoms with Crippen LogP contribution in [-0.4, -0.2) is 31.5 Å². The Labute approximate surface area is 153 Å². The van der Waals surface area contributed by atoms with Crippen LogP contribution in [0.15, 0.2) is 42.5 Å². The molecule has 1 aliphatic carbocycles. The Morgan fingerprint density at radius 3 is 2.92 bits per heavy atom. The molecule has 25 heavy (non-hydrogen) atoms. The van der Waals surface area contributed by atoms with E-state index in [4.69, 9.17) is 9.26 Å². The molecule has 1 saturated carbocycles. The first-order valence-electron chi connectivity index (χ1n) is 8.69. The first kappa shape index (κ1) is 18.8. The minimum absolute atomic E-state index is 0.0449. The molecule has 1 aliphatic heterocycles. The molecule has 0 spiro atoms. The summed E-state index contributed by atoms with van der Waals surface area (Å²) in [5, 5.41) is 0. The Balaban J connectivity index is 1.58. The van der Waals surface area contributed by atoms with E-state index in [0.29, 0.717) is 21.3 Å². The molecular formula is C18H23BO4P2. The molecular weight excluding hydrogens is 353 g/mol. The maximum Gasteiger partial charge on any atom is 0.306 e. The number of benzene rings is 1. The van der Waals surface area contributed by atoms with E-state index in [1.165, 1.54) is 5.56 Å². The summed E-state index contributed by atoms with van der Waals surface area (Å²) < 4.78 is 11.4. The molecule has 1 saturated heterocycles. The SMILES string of the molecule is BPPO[C@@H]1C[C@@H]2OC(=O)C[C@@H]2[C@H]1/C=C/C(=O)CCc1ccccc1. The topological polar surface area (TPSA) is 52.6 Å². The number of ether oxygens (including phenoxy) is 1. The van der Waals surface area contributed by atoms with Crippen molar-refractivity contribution in [2.24, 2.45) is 11.8 Å². The molecule has 132 valence electrons. The predicted molar refractivity (Wildman–Crippen MR) is 105 cm³/mol. The highest BCUT2D eigenvalue weighted by molar-refractivity contribution is 8.21. The second kappa shape index (κ2) is 9.08. The van der Waals surface area contributed by atoms with Crippen molar-refractivity contribution in [1.82, 2.24) is 0 Å². The number of carbonyl (C=O) groups is 2. The lowest BCUT2D eigenvalue weighted by atomic mass is 9.91. The maximum atomic E-state index is 12.2. The number of fused-ring (bicyclic) bond motifs is 1. The van der Waals surface area contributed by atoms with E-state index < -0.39 is 0 Å². The normalized spacial score (nSPS) is 29.2. The van der Waals surface area contributed by atoms with Gasteiger partial charge in [-0.15, -0.1) is 8.15 Å². The molecule has 1 heterocycles. The van der Waals surface area contributed by atoms with Crippen molar-refractivity contribution in [3.05, 3.63) is 48.0 Å². The van der Waals surface area contributed by atoms with Crippen LogP contribution in [0, 0.1) is 11.8 Å². The van der Waals surface area contributed by atoms with Gasteiger partial charge in [-0.2, -0.15) is 0 Å². The summed E-state index contributed by atoms with van der Waals surface area (Å²) in [6.07, 6.45) is 6.11. The summed E-state index contributed by atoms with van der Waals surface area (Å²) in [5.41, 5.74) is 1.17. The van der Waals surface area contributed by atoms with Crippen molar-refractivity contribution in [1.29, 1.82) is 0 Å². The standard InChI is InChI=1S/C18H23BO4P2/c19-24-25-23-17-11-16-15(10-18(21)22-16)14(17)9-8-13(20)7-6-12-4-2-1-3-5-12/h1-5,8-9,14-17,24-25H,6-7,10-11,19H2/b9-8+/t14-,15-,16+,17-/m1/s1. The molecule has 2 fully saturated rings. The van der Waals surface area contributed by atoms with Gasteiger partial charge in [0.2, 0.25) is 0 Å². The molecule has 0 bridgehead atoms. The highest BCUT2D eigenvalue weighted by Crippen LogP contribution is 2.47. The van der Waals surface area contributed by atoms with Gasteiger partial charge in [-0.3, -0.25) is 9.59 Å². The number of hydrogen-bond acceptors (Lipinski definition) is 4. The molecule has 0 radical (unpaired) electrons. The van der Waals surface area contributed by atoms with Gasteiger partial charge in [0.25, 0.3) is 0 Å². The lowest BCUT2D eigenvalue weighted by Gasteiger charge is -2.19. The van der Waals surface area contributed by atoms with Gasteiger partial charge in [-0.25, -0.2) is 0 Å². The van der Waals surface area contributed by atoms with Crippen molar-refractivity contribution >= 4 is 36.0 Å². The summed E-state index contributed by atoms with van der Waals surface area (Å²) in [4.78, 5) is 23.8. The maximum absolute atomic E-state index is 12.2. The molecule has 4 nitrogen and oxygen atoms in total. The Morgan fingerprint density at radius 1 is 1.36 bits per heavy atom. The van der Waals surface area contributed by atoms with Crippen molar-refractivity contribution in [2.75, 3.05) is 0 Å². The lowest BCUT2D eigenvalue weighted by molar-refractivity contribution is -0.141. The second-order valence-electron chi connectivity index (χ2n) is 6.53. The third-order valence-corrected chi connectivity index (χ3v) is 6.46. The van der Waals surface area contributed by atoms with Crippen LogP contribution in [0.5, 0.6) is 0 Å². The Morgan fingerprint density at radius 2 is 2.16 bits per heavy atom. The van der Waals surface area contributed by atoms with Crippen molar-refractivity contribution in [3.8, 4) is 0 Å². The van der Waals surface area contributed by atoms with E-state index in [1.54, 1.807) is 6.08 Å². The lowest BCUT2D eigenvalue weighted by Crippen LogP contribution is -2.19. The zero-order valence-electron chi connectivity index (χ0n) is 14.3. The molecule has 0 aromatic heterocycles. The van der Waals surface area contributed by atoms with E-state index in [-0.39, 0.29) is 35.8 Å². The fraction of sp³-hybridized carbons (Fsp3) is 0.444. The monoisotopic (exact) mass is 376 g/mol. The molecule has 3 rings (SSSR count). The molecule has 7 heteroatoms. The molecule has 2 aliphatic rings. The predicted octanol–water partition coefficient (Wildman–Crippen LogP) is 2.82. The minimum atomic E-state index is -0.123. The zero-order chi connectivity index (χ0) is 17.6.